The fourth-order valence-corrected chi connectivity index (χ4v) is 4.92. The van der Waals surface area contributed by atoms with Crippen LogP contribution in [0.25, 0.3) is 11.0 Å². The van der Waals surface area contributed by atoms with E-state index in [1.165, 1.54) is 12.8 Å². The highest BCUT2D eigenvalue weighted by molar-refractivity contribution is 6.29. The number of aromatic carboxylic acids is 1. The molecule has 7 nitrogen and oxygen atoms in total. The number of carboxylic acids is 1. The molecule has 2 N–H and O–H groups in total. The number of benzene rings is 1. The molecule has 1 spiro atoms. The van der Waals surface area contributed by atoms with Crippen molar-refractivity contribution in [3.05, 3.63) is 62.5 Å². The zero-order valence-corrected chi connectivity index (χ0v) is 19.2. The van der Waals surface area contributed by atoms with E-state index >= 15 is 0 Å². The molecule has 3 aromatic rings. The van der Waals surface area contributed by atoms with E-state index in [1.54, 1.807) is 18.2 Å². The first-order valence-corrected chi connectivity index (χ1v) is 11.7. The Hall–Kier alpha value is -3.06. The van der Waals surface area contributed by atoms with E-state index < -0.39 is 5.97 Å². The monoisotopic (exact) mass is 467 g/mol. The number of carbonyl (C=O) groups is 1. The lowest BCUT2D eigenvalue weighted by atomic mass is 9.94. The summed E-state index contributed by atoms with van der Waals surface area (Å²) in [4.78, 5) is 30.5. The van der Waals surface area contributed by atoms with Crippen molar-refractivity contribution >= 4 is 40.1 Å². The maximum atomic E-state index is 12.9. The van der Waals surface area contributed by atoms with Gasteiger partial charge in [0, 0.05) is 25.7 Å². The predicted octanol–water partition coefficient (Wildman–Crippen LogP) is 4.88. The molecule has 1 saturated heterocycles. The number of hydrogen-bond donors (Lipinski definition) is 2. The Morgan fingerprint density at radius 2 is 1.97 bits per heavy atom. The molecule has 0 atom stereocenters. The lowest BCUT2D eigenvalue weighted by Gasteiger charge is -2.32. The largest absolute Gasteiger partial charge is 0.476 e. The second-order valence-electron chi connectivity index (χ2n) is 9.25. The quantitative estimate of drug-likeness (QED) is 0.498. The van der Waals surface area contributed by atoms with Crippen LogP contribution in [0.4, 0.5) is 11.6 Å². The van der Waals surface area contributed by atoms with Gasteiger partial charge in [-0.1, -0.05) is 17.7 Å². The third-order valence-corrected chi connectivity index (χ3v) is 7.11. The van der Waals surface area contributed by atoms with Crippen LogP contribution in [0.15, 0.2) is 39.5 Å². The highest BCUT2D eigenvalue weighted by Crippen LogP contribution is 2.53. The first-order chi connectivity index (χ1) is 15.8. The lowest BCUT2D eigenvalue weighted by molar-refractivity contribution is 0.0691. The van der Waals surface area contributed by atoms with Crippen LogP contribution in [-0.4, -0.2) is 35.7 Å². The number of rotatable bonds is 6. The van der Waals surface area contributed by atoms with Gasteiger partial charge in [-0.25, -0.2) is 9.78 Å². The number of aromatic nitrogens is 1. The molecule has 172 valence electrons. The van der Waals surface area contributed by atoms with Gasteiger partial charge in [-0.2, -0.15) is 0 Å². The molecule has 0 radical (unpaired) electrons. The first kappa shape index (κ1) is 21.8. The van der Waals surface area contributed by atoms with Crippen molar-refractivity contribution in [1.82, 2.24) is 4.98 Å². The van der Waals surface area contributed by atoms with Crippen molar-refractivity contribution in [3.63, 3.8) is 0 Å². The molecule has 8 heteroatoms. The van der Waals surface area contributed by atoms with Gasteiger partial charge in [0.05, 0.1) is 11.1 Å². The molecule has 3 heterocycles. The van der Waals surface area contributed by atoms with Crippen LogP contribution in [-0.2, 0) is 6.42 Å². The van der Waals surface area contributed by atoms with Gasteiger partial charge in [-0.15, -0.1) is 0 Å². The molecule has 33 heavy (non-hydrogen) atoms. The average Bonchev–Trinajstić information content (AvgIpc) is 3.54. The fraction of sp³-hybridized carbons (Fsp3) is 0.400. The standard InChI is InChI=1S/C25H26ClN3O4/c1-15-12-16(4-9-27-18-2-3-20(26)28-22(18)24(31)32)23-17(13-15)19(30)14-21(33-23)29-10-7-25(5-6-25)8-11-29/h2-3,12-14,27H,4-11H2,1H3,(H,31,32). The van der Waals surface area contributed by atoms with E-state index in [4.69, 9.17) is 16.0 Å². The van der Waals surface area contributed by atoms with Crippen molar-refractivity contribution in [1.29, 1.82) is 0 Å². The van der Waals surface area contributed by atoms with E-state index in [0.29, 0.717) is 40.9 Å². The smallest absolute Gasteiger partial charge is 0.356 e. The number of hydrogen-bond acceptors (Lipinski definition) is 6. The van der Waals surface area contributed by atoms with Crippen LogP contribution in [0.2, 0.25) is 5.15 Å². The Bertz CT molecular complexity index is 1290. The summed E-state index contributed by atoms with van der Waals surface area (Å²) in [6.45, 7) is 4.23. The summed E-state index contributed by atoms with van der Waals surface area (Å²) < 4.78 is 6.31. The molecule has 5 rings (SSSR count). The molecule has 0 amide bonds. The number of aryl methyl sites for hydroxylation is 1. The number of anilines is 2. The Labute approximate surface area is 196 Å². The minimum Gasteiger partial charge on any atom is -0.476 e. The topological polar surface area (TPSA) is 95.7 Å². The van der Waals surface area contributed by atoms with Crippen LogP contribution in [0.5, 0.6) is 0 Å². The summed E-state index contributed by atoms with van der Waals surface area (Å²) >= 11 is 5.84. The van der Waals surface area contributed by atoms with E-state index in [-0.39, 0.29) is 16.3 Å². The van der Waals surface area contributed by atoms with E-state index in [0.717, 1.165) is 37.1 Å². The number of halogens is 1. The number of pyridine rings is 1. The highest BCUT2D eigenvalue weighted by Gasteiger charge is 2.44. The molecule has 1 aliphatic carbocycles. The number of carboxylic acid groups (broad SMARTS) is 1. The van der Waals surface area contributed by atoms with Crippen molar-refractivity contribution < 1.29 is 14.3 Å². The molecular weight excluding hydrogens is 442 g/mol. The maximum absolute atomic E-state index is 12.9. The molecule has 0 unspecified atom stereocenters. The molecule has 1 aliphatic heterocycles. The normalized spacial score (nSPS) is 16.8. The minimum atomic E-state index is -1.15. The fourth-order valence-electron chi connectivity index (χ4n) is 4.77. The number of fused-ring (bicyclic) bond motifs is 1. The summed E-state index contributed by atoms with van der Waals surface area (Å²) in [5.74, 6) is -0.512. The van der Waals surface area contributed by atoms with Gasteiger partial charge in [0.15, 0.2) is 17.0 Å². The predicted molar refractivity (Wildman–Crippen MR) is 129 cm³/mol. The van der Waals surface area contributed by atoms with E-state index in [2.05, 4.69) is 15.2 Å². The molecule has 1 saturated carbocycles. The summed E-state index contributed by atoms with van der Waals surface area (Å²) in [6, 6.07) is 8.66. The Balaban J connectivity index is 1.40. The Morgan fingerprint density at radius 1 is 1.21 bits per heavy atom. The van der Waals surface area contributed by atoms with Crippen LogP contribution in [0, 0.1) is 12.3 Å². The average molecular weight is 468 g/mol. The Morgan fingerprint density at radius 3 is 2.67 bits per heavy atom. The second-order valence-corrected chi connectivity index (χ2v) is 9.64. The lowest BCUT2D eigenvalue weighted by Crippen LogP contribution is -2.34. The van der Waals surface area contributed by atoms with Crippen molar-refractivity contribution in [2.75, 3.05) is 29.9 Å². The van der Waals surface area contributed by atoms with E-state index in [1.807, 2.05) is 19.1 Å². The highest BCUT2D eigenvalue weighted by atomic mass is 35.5. The maximum Gasteiger partial charge on any atom is 0.356 e. The molecule has 1 aromatic carbocycles. The number of nitrogens with zero attached hydrogens (tertiary/aromatic N) is 2. The van der Waals surface area contributed by atoms with Crippen molar-refractivity contribution in [3.8, 4) is 0 Å². The molecule has 0 bridgehead atoms. The molecule has 2 fully saturated rings. The second kappa shape index (κ2) is 8.37. The number of nitrogens with one attached hydrogen (secondary N) is 1. The van der Waals surface area contributed by atoms with Gasteiger partial charge < -0.3 is 19.7 Å². The van der Waals surface area contributed by atoms with Gasteiger partial charge in [0.1, 0.15) is 10.7 Å². The zero-order valence-electron chi connectivity index (χ0n) is 18.5. The molecular formula is C25H26ClN3O4. The molecule has 2 aliphatic rings. The zero-order chi connectivity index (χ0) is 23.2. The van der Waals surface area contributed by atoms with Crippen LogP contribution >= 0.6 is 11.6 Å². The summed E-state index contributed by atoms with van der Waals surface area (Å²) in [7, 11) is 0. The van der Waals surface area contributed by atoms with E-state index in [9.17, 15) is 14.7 Å². The van der Waals surface area contributed by atoms with Gasteiger partial charge in [0.25, 0.3) is 0 Å². The third kappa shape index (κ3) is 4.42. The van der Waals surface area contributed by atoms with Crippen molar-refractivity contribution in [2.45, 2.75) is 39.0 Å². The summed E-state index contributed by atoms with van der Waals surface area (Å²) in [6.07, 6.45) is 5.51. The van der Waals surface area contributed by atoms with Crippen molar-refractivity contribution in [2.24, 2.45) is 5.41 Å². The minimum absolute atomic E-state index is 0.0362. The van der Waals surface area contributed by atoms with Gasteiger partial charge in [-0.05, 0) is 73.8 Å². The first-order valence-electron chi connectivity index (χ1n) is 11.3. The summed E-state index contributed by atoms with van der Waals surface area (Å²) in [5, 5.41) is 13.2. The van der Waals surface area contributed by atoms with Crippen LogP contribution in [0.1, 0.15) is 47.3 Å². The van der Waals surface area contributed by atoms with Gasteiger partial charge >= 0.3 is 5.97 Å². The van der Waals surface area contributed by atoms with Gasteiger partial charge in [0.2, 0.25) is 0 Å². The number of piperidine rings is 1. The van der Waals surface area contributed by atoms with Crippen LogP contribution < -0.4 is 15.6 Å². The SMILES string of the molecule is Cc1cc(CCNc2ccc(Cl)nc2C(=O)O)c2oc(N3CCC4(CC3)CC4)cc(=O)c2c1. The molecule has 2 aromatic heterocycles. The van der Waals surface area contributed by atoms with Crippen LogP contribution in [0.3, 0.4) is 0 Å². The summed E-state index contributed by atoms with van der Waals surface area (Å²) in [5.41, 5.74) is 3.27. The Kier molecular flexibility index (Phi) is 5.52. The third-order valence-electron chi connectivity index (χ3n) is 6.90. The van der Waals surface area contributed by atoms with Gasteiger partial charge in [-0.3, -0.25) is 4.79 Å².